The van der Waals surface area contributed by atoms with Crippen molar-refractivity contribution in [3.05, 3.63) is 0 Å². The van der Waals surface area contributed by atoms with Gasteiger partial charge in [-0.05, 0) is 103 Å². The summed E-state index contributed by atoms with van der Waals surface area (Å²) < 4.78 is 57.6. The van der Waals surface area contributed by atoms with Crippen LogP contribution >= 0.6 is 0 Å². The Morgan fingerprint density at radius 2 is 1.19 bits per heavy atom. The molecule has 0 saturated carbocycles. The summed E-state index contributed by atoms with van der Waals surface area (Å²) in [6.45, 7) is 21.8. The first kappa shape index (κ1) is 37.9. The van der Waals surface area contributed by atoms with Crippen LogP contribution in [0.2, 0.25) is 6.32 Å². The number of ether oxygens (including phenoxy) is 3. The highest BCUT2D eigenvalue weighted by molar-refractivity contribution is 7.88. The predicted molar refractivity (Wildman–Crippen MR) is 159 cm³/mol. The molecule has 42 heavy (non-hydrogen) atoms. The number of esters is 1. The topological polar surface area (TPSA) is 168 Å². The van der Waals surface area contributed by atoms with E-state index in [-0.39, 0.29) is 6.42 Å². The van der Waals surface area contributed by atoms with Crippen LogP contribution in [0.15, 0.2) is 0 Å². The highest BCUT2D eigenvalue weighted by Crippen LogP contribution is 2.38. The summed E-state index contributed by atoms with van der Waals surface area (Å²) in [7, 11) is -4.99. The van der Waals surface area contributed by atoms with Crippen LogP contribution in [0.25, 0.3) is 0 Å². The van der Waals surface area contributed by atoms with E-state index in [0.29, 0.717) is 19.2 Å². The zero-order valence-electron chi connectivity index (χ0n) is 27.6. The second-order valence-electron chi connectivity index (χ2n) is 14.6. The molecule has 1 aliphatic rings. The molecule has 0 radical (unpaired) electrons. The third kappa shape index (κ3) is 13.0. The van der Waals surface area contributed by atoms with Crippen molar-refractivity contribution in [1.29, 1.82) is 0 Å². The Kier molecular flexibility index (Phi) is 12.0. The Morgan fingerprint density at radius 1 is 0.738 bits per heavy atom. The third-order valence-corrected chi connectivity index (χ3v) is 7.27. The van der Waals surface area contributed by atoms with Crippen molar-refractivity contribution in [3.63, 3.8) is 0 Å². The average Bonchev–Trinajstić information content (AvgIpc) is 2.90. The van der Waals surface area contributed by atoms with Gasteiger partial charge < -0.3 is 28.8 Å². The summed E-state index contributed by atoms with van der Waals surface area (Å²) in [5, 5.41) is 2.56. The summed E-state index contributed by atoms with van der Waals surface area (Å²) in [5.41, 5.74) is -5.72. The number of unbranched alkanes of at least 4 members (excludes halogenated alkanes) is 1. The standard InChI is InChI=1S/C27H52BN3O10S/c1-22(2,3)37-19(32)27(30-20(33)38-23(4,5)6,18-29-42(35,36)31-21(34)39-24(7,8)9)16-14-15-17-28-40-25(10,11)26(12,13)41-28/h29H,14-18H2,1-13H3,(H,30,33)(H,31,34). The summed E-state index contributed by atoms with van der Waals surface area (Å²) in [5.74, 6) is -0.878. The van der Waals surface area contributed by atoms with Gasteiger partial charge in [-0.1, -0.05) is 12.8 Å². The molecule has 0 spiro atoms. The Balaban J connectivity index is 3.24. The summed E-state index contributed by atoms with van der Waals surface area (Å²) in [4.78, 5) is 38.7. The molecule has 1 unspecified atom stereocenters. The maximum Gasteiger partial charge on any atom is 0.457 e. The van der Waals surface area contributed by atoms with Gasteiger partial charge in [0.05, 0.1) is 11.2 Å². The van der Waals surface area contributed by atoms with Crippen LogP contribution < -0.4 is 14.8 Å². The van der Waals surface area contributed by atoms with E-state index in [1.54, 1.807) is 67.0 Å². The van der Waals surface area contributed by atoms with Crippen molar-refractivity contribution in [2.24, 2.45) is 0 Å². The van der Waals surface area contributed by atoms with Crippen LogP contribution in [0.1, 0.15) is 109 Å². The fourth-order valence-corrected chi connectivity index (χ4v) is 4.55. The molecule has 244 valence electrons. The first-order chi connectivity index (χ1) is 18.6. The lowest BCUT2D eigenvalue weighted by Crippen LogP contribution is -2.63. The fourth-order valence-electron chi connectivity index (χ4n) is 3.78. The predicted octanol–water partition coefficient (Wildman–Crippen LogP) is 4.21. The molecule has 1 aliphatic heterocycles. The quantitative estimate of drug-likeness (QED) is 0.132. The van der Waals surface area contributed by atoms with E-state index >= 15 is 0 Å². The van der Waals surface area contributed by atoms with Gasteiger partial charge in [0.2, 0.25) is 0 Å². The highest BCUT2D eigenvalue weighted by atomic mass is 32.2. The minimum absolute atomic E-state index is 0.0321. The van der Waals surface area contributed by atoms with Crippen molar-refractivity contribution in [1.82, 2.24) is 14.8 Å². The SMILES string of the molecule is CC(C)(C)OC(=O)NC(CCCCB1OC(C)(C)C(C)(C)O1)(CNS(=O)(=O)NC(=O)OC(C)(C)C)C(=O)OC(C)(C)C. The second-order valence-corrected chi connectivity index (χ2v) is 16.1. The van der Waals surface area contributed by atoms with Crippen LogP contribution in [0, 0.1) is 0 Å². The van der Waals surface area contributed by atoms with Gasteiger partial charge >= 0.3 is 35.5 Å². The molecule has 15 heteroatoms. The monoisotopic (exact) mass is 621 g/mol. The normalized spacial score (nSPS) is 18.5. The van der Waals surface area contributed by atoms with Crippen molar-refractivity contribution < 1.29 is 46.3 Å². The number of hydrogen-bond acceptors (Lipinski definition) is 10. The van der Waals surface area contributed by atoms with Crippen LogP contribution in [-0.4, -0.2) is 73.8 Å². The molecule has 0 aromatic carbocycles. The van der Waals surface area contributed by atoms with Crippen molar-refractivity contribution >= 4 is 35.5 Å². The van der Waals surface area contributed by atoms with Gasteiger partial charge in [0.15, 0.2) is 5.54 Å². The fraction of sp³-hybridized carbons (Fsp3) is 0.889. The highest BCUT2D eigenvalue weighted by Gasteiger charge is 2.51. The summed E-state index contributed by atoms with van der Waals surface area (Å²) >= 11 is 0. The Hall–Kier alpha value is -2.10. The van der Waals surface area contributed by atoms with E-state index < -0.39 is 75.6 Å². The molecular weight excluding hydrogens is 569 g/mol. The summed E-state index contributed by atoms with van der Waals surface area (Å²) in [6, 6.07) is 0. The van der Waals surface area contributed by atoms with Crippen LogP contribution in [0.3, 0.4) is 0 Å². The number of amides is 2. The van der Waals surface area contributed by atoms with Gasteiger partial charge in [0.1, 0.15) is 16.8 Å². The van der Waals surface area contributed by atoms with E-state index in [0.717, 1.165) is 0 Å². The zero-order chi connectivity index (χ0) is 33.0. The maximum absolute atomic E-state index is 13.6. The van der Waals surface area contributed by atoms with Gasteiger partial charge in [0, 0.05) is 6.54 Å². The number of carbonyl (C=O) groups excluding carboxylic acids is 3. The third-order valence-electron chi connectivity index (χ3n) is 6.31. The molecule has 1 atom stereocenters. The molecule has 3 N–H and O–H groups in total. The van der Waals surface area contributed by atoms with Crippen LogP contribution in [-0.2, 0) is 38.5 Å². The van der Waals surface area contributed by atoms with Crippen LogP contribution in [0.5, 0.6) is 0 Å². The zero-order valence-corrected chi connectivity index (χ0v) is 28.4. The molecule has 0 aromatic rings. The van der Waals surface area contributed by atoms with Gasteiger partial charge in [-0.2, -0.15) is 13.1 Å². The van der Waals surface area contributed by atoms with E-state index in [1.165, 1.54) is 0 Å². The lowest BCUT2D eigenvalue weighted by molar-refractivity contribution is -0.163. The van der Waals surface area contributed by atoms with Gasteiger partial charge in [-0.3, -0.25) is 0 Å². The molecule has 0 aromatic heterocycles. The number of rotatable bonds is 11. The van der Waals surface area contributed by atoms with E-state index in [9.17, 15) is 22.8 Å². The first-order valence-electron chi connectivity index (χ1n) is 14.2. The maximum atomic E-state index is 13.6. The van der Waals surface area contributed by atoms with Gasteiger partial charge in [0.25, 0.3) is 0 Å². The Morgan fingerprint density at radius 3 is 1.64 bits per heavy atom. The molecule has 1 fully saturated rings. The van der Waals surface area contributed by atoms with Gasteiger partial charge in [-0.15, -0.1) is 0 Å². The lowest BCUT2D eigenvalue weighted by atomic mass is 9.80. The number of nitrogens with one attached hydrogen (secondary N) is 3. The second kappa shape index (κ2) is 13.3. The van der Waals surface area contributed by atoms with E-state index in [2.05, 4.69) is 10.0 Å². The Labute approximate surface area is 252 Å². The molecule has 1 rings (SSSR count). The molecule has 2 amide bonds. The van der Waals surface area contributed by atoms with E-state index in [4.69, 9.17) is 23.5 Å². The molecule has 1 saturated heterocycles. The minimum Gasteiger partial charge on any atom is -0.458 e. The van der Waals surface area contributed by atoms with E-state index in [1.807, 2.05) is 27.7 Å². The first-order valence-corrected chi connectivity index (χ1v) is 15.7. The molecule has 0 aliphatic carbocycles. The van der Waals surface area contributed by atoms with Crippen LogP contribution in [0.4, 0.5) is 9.59 Å². The molecule has 1 heterocycles. The largest absolute Gasteiger partial charge is 0.458 e. The lowest BCUT2D eigenvalue weighted by Gasteiger charge is -2.36. The van der Waals surface area contributed by atoms with Gasteiger partial charge in [-0.25, -0.2) is 19.1 Å². The van der Waals surface area contributed by atoms with Crippen molar-refractivity contribution in [3.8, 4) is 0 Å². The average molecular weight is 622 g/mol. The minimum atomic E-state index is -4.52. The number of carbonyl (C=O) groups is 3. The smallest absolute Gasteiger partial charge is 0.457 e. The van der Waals surface area contributed by atoms with Crippen molar-refractivity contribution in [2.75, 3.05) is 6.54 Å². The Bertz CT molecular complexity index is 1060. The molecule has 0 bridgehead atoms. The number of alkyl carbamates (subject to hydrolysis) is 1. The molecular formula is C27H52BN3O10S. The number of hydrogen-bond donors (Lipinski definition) is 3. The van der Waals surface area contributed by atoms with Crippen molar-refractivity contribution in [2.45, 2.75) is 149 Å². The molecule has 13 nitrogen and oxygen atoms in total. The summed E-state index contributed by atoms with van der Waals surface area (Å²) in [6.07, 6.45) is -0.828.